The maximum absolute atomic E-state index is 10.8. The Kier molecular flexibility index (Phi) is 1.13. The summed E-state index contributed by atoms with van der Waals surface area (Å²) >= 11 is 0. The first-order chi connectivity index (χ1) is 4.84. The van der Waals surface area contributed by atoms with Gasteiger partial charge in [-0.15, -0.1) is 0 Å². The van der Waals surface area contributed by atoms with Crippen molar-refractivity contribution >= 4 is 6.09 Å². The Hall–Kier alpha value is -0.730. The Morgan fingerprint density at radius 2 is 2.60 bits per heavy atom. The number of carbonyl (C=O) groups is 1. The van der Waals surface area contributed by atoms with Crippen LogP contribution in [0.5, 0.6) is 0 Å². The summed E-state index contributed by atoms with van der Waals surface area (Å²) in [5.74, 6) is 0. The van der Waals surface area contributed by atoms with Crippen LogP contribution in [0.2, 0.25) is 0 Å². The third-order valence-electron chi connectivity index (χ3n) is 2.24. The van der Waals surface area contributed by atoms with Gasteiger partial charge in [0.05, 0.1) is 12.1 Å². The Labute approximate surface area is 60.0 Å². The van der Waals surface area contributed by atoms with Gasteiger partial charge in [-0.05, 0) is 6.42 Å². The summed E-state index contributed by atoms with van der Waals surface area (Å²) in [7, 11) is 0. The van der Waals surface area contributed by atoms with Crippen molar-refractivity contribution < 1.29 is 9.53 Å². The third kappa shape index (κ3) is 0.632. The molecule has 0 N–H and O–H groups in total. The van der Waals surface area contributed by atoms with Gasteiger partial charge in [0.1, 0.15) is 6.61 Å². The van der Waals surface area contributed by atoms with Gasteiger partial charge in [0, 0.05) is 0 Å². The van der Waals surface area contributed by atoms with Gasteiger partial charge in [-0.2, -0.15) is 0 Å². The van der Waals surface area contributed by atoms with Gasteiger partial charge < -0.3 is 4.74 Å². The molecule has 0 aliphatic carbocycles. The first-order valence-corrected chi connectivity index (χ1v) is 3.79. The predicted molar refractivity (Wildman–Crippen MR) is 35.7 cm³/mol. The van der Waals surface area contributed by atoms with Crippen LogP contribution in [0.3, 0.4) is 0 Å². The van der Waals surface area contributed by atoms with E-state index in [1.165, 1.54) is 0 Å². The summed E-state index contributed by atoms with van der Waals surface area (Å²) in [6.07, 6.45) is 2.19. The highest BCUT2D eigenvalue weighted by atomic mass is 16.6. The van der Waals surface area contributed by atoms with Gasteiger partial charge >= 0.3 is 6.09 Å². The second-order valence-electron chi connectivity index (χ2n) is 2.91. The molecule has 56 valence electrons. The minimum Gasteiger partial charge on any atom is -0.447 e. The number of carbonyl (C=O) groups excluding carboxylic acids is 1. The normalized spacial score (nSPS) is 35.7. The Balaban J connectivity index is 1.92. The van der Waals surface area contributed by atoms with Crippen molar-refractivity contribution in [1.82, 2.24) is 4.90 Å². The van der Waals surface area contributed by atoms with Gasteiger partial charge in [-0.1, -0.05) is 13.3 Å². The van der Waals surface area contributed by atoms with Crippen LogP contribution in [-0.4, -0.2) is 29.7 Å². The molecule has 2 heterocycles. The highest BCUT2D eigenvalue weighted by molar-refractivity contribution is 5.74. The standard InChI is InChI=1S/C7H11NO2/c1-2-3-5-6-4-10-7(9)8(5)6/h5-6H,2-4H2,1H3/t5-,6-,8?/m1/s1. The summed E-state index contributed by atoms with van der Waals surface area (Å²) < 4.78 is 4.78. The monoisotopic (exact) mass is 141 g/mol. The molecule has 0 aromatic heterocycles. The summed E-state index contributed by atoms with van der Waals surface area (Å²) in [6.45, 7) is 2.77. The number of nitrogens with zero attached hydrogens (tertiary/aromatic N) is 1. The van der Waals surface area contributed by atoms with Crippen molar-refractivity contribution in [2.75, 3.05) is 6.61 Å². The second kappa shape index (κ2) is 1.87. The fourth-order valence-electron chi connectivity index (χ4n) is 1.66. The smallest absolute Gasteiger partial charge is 0.410 e. The molecule has 0 spiro atoms. The molecule has 0 unspecified atom stereocenters. The van der Waals surface area contributed by atoms with Crippen molar-refractivity contribution in [2.24, 2.45) is 0 Å². The van der Waals surface area contributed by atoms with Crippen LogP contribution in [-0.2, 0) is 4.74 Å². The predicted octanol–water partition coefficient (Wildman–Crippen LogP) is 0.990. The minimum absolute atomic E-state index is 0.108. The van der Waals surface area contributed by atoms with E-state index in [1.807, 2.05) is 4.90 Å². The maximum Gasteiger partial charge on any atom is 0.410 e. The average molecular weight is 141 g/mol. The quantitative estimate of drug-likeness (QED) is 0.536. The van der Waals surface area contributed by atoms with Crippen LogP contribution in [0.15, 0.2) is 0 Å². The first-order valence-electron chi connectivity index (χ1n) is 3.79. The van der Waals surface area contributed by atoms with Crippen LogP contribution in [0.1, 0.15) is 19.8 Å². The van der Waals surface area contributed by atoms with E-state index >= 15 is 0 Å². The van der Waals surface area contributed by atoms with E-state index < -0.39 is 0 Å². The lowest BCUT2D eigenvalue weighted by atomic mass is 10.2. The maximum atomic E-state index is 10.8. The molecule has 3 nitrogen and oxygen atoms in total. The van der Waals surface area contributed by atoms with E-state index in [9.17, 15) is 4.79 Å². The molecular weight excluding hydrogens is 130 g/mol. The molecule has 2 atom stereocenters. The van der Waals surface area contributed by atoms with E-state index in [1.54, 1.807) is 0 Å². The van der Waals surface area contributed by atoms with Crippen LogP contribution >= 0.6 is 0 Å². The van der Waals surface area contributed by atoms with Gasteiger partial charge in [0.2, 0.25) is 0 Å². The number of hydrogen-bond donors (Lipinski definition) is 0. The molecule has 3 heteroatoms. The van der Waals surface area contributed by atoms with Crippen molar-refractivity contribution in [1.29, 1.82) is 0 Å². The van der Waals surface area contributed by atoms with Gasteiger partial charge in [-0.3, -0.25) is 4.90 Å². The summed E-state index contributed by atoms with van der Waals surface area (Å²) in [4.78, 5) is 12.6. The van der Waals surface area contributed by atoms with Crippen LogP contribution in [0.4, 0.5) is 4.79 Å². The number of rotatable bonds is 2. The molecule has 0 aromatic rings. The zero-order valence-electron chi connectivity index (χ0n) is 6.04. The number of amides is 1. The fourth-order valence-corrected chi connectivity index (χ4v) is 1.66. The molecule has 2 rings (SSSR count). The number of cyclic esters (lactones) is 1. The zero-order valence-corrected chi connectivity index (χ0v) is 6.04. The van der Waals surface area contributed by atoms with E-state index in [2.05, 4.69) is 6.92 Å². The van der Waals surface area contributed by atoms with E-state index in [0.29, 0.717) is 18.7 Å². The molecule has 0 saturated carbocycles. The molecule has 0 bridgehead atoms. The lowest BCUT2D eigenvalue weighted by molar-refractivity contribution is 0.154. The summed E-state index contributed by atoms with van der Waals surface area (Å²) in [6, 6.07) is 0.957. The third-order valence-corrected chi connectivity index (χ3v) is 2.24. The van der Waals surface area contributed by atoms with Gasteiger partial charge in [0.15, 0.2) is 0 Å². The average Bonchev–Trinajstić information content (AvgIpc) is 2.45. The Morgan fingerprint density at radius 1 is 1.80 bits per heavy atom. The van der Waals surface area contributed by atoms with Crippen molar-refractivity contribution in [3.8, 4) is 0 Å². The lowest BCUT2D eigenvalue weighted by Gasteiger charge is -1.99. The fraction of sp³-hybridized carbons (Fsp3) is 0.857. The molecule has 2 aliphatic heterocycles. The van der Waals surface area contributed by atoms with Crippen LogP contribution < -0.4 is 0 Å². The Bertz CT molecular complexity index is 169. The van der Waals surface area contributed by atoms with Crippen LogP contribution in [0, 0.1) is 0 Å². The van der Waals surface area contributed by atoms with Crippen LogP contribution in [0.25, 0.3) is 0 Å². The van der Waals surface area contributed by atoms with Crippen molar-refractivity contribution in [3.63, 3.8) is 0 Å². The highest BCUT2D eigenvalue weighted by Gasteiger charge is 2.56. The number of ether oxygens (including phenoxy) is 1. The summed E-state index contributed by atoms with van der Waals surface area (Å²) in [5, 5.41) is 0. The van der Waals surface area contributed by atoms with Crippen molar-refractivity contribution in [3.05, 3.63) is 0 Å². The largest absolute Gasteiger partial charge is 0.447 e. The molecule has 0 radical (unpaired) electrons. The molecule has 2 saturated heterocycles. The zero-order chi connectivity index (χ0) is 7.14. The minimum atomic E-state index is -0.108. The number of hydrogen-bond acceptors (Lipinski definition) is 2. The molecule has 0 aromatic carbocycles. The molecule has 2 fully saturated rings. The molecule has 2 aliphatic rings. The topological polar surface area (TPSA) is 29.3 Å². The molecule has 1 amide bonds. The SMILES string of the molecule is CCC[C@@H]1[C@H]2COC(=O)N12. The summed E-state index contributed by atoms with van der Waals surface area (Å²) in [5.41, 5.74) is 0. The first kappa shape index (κ1) is 6.01. The lowest BCUT2D eigenvalue weighted by Crippen LogP contribution is -2.11. The highest BCUT2D eigenvalue weighted by Crippen LogP contribution is 2.37. The van der Waals surface area contributed by atoms with E-state index in [0.717, 1.165) is 12.8 Å². The van der Waals surface area contributed by atoms with E-state index in [4.69, 9.17) is 4.74 Å². The van der Waals surface area contributed by atoms with Gasteiger partial charge in [-0.25, -0.2) is 4.79 Å². The number of fused-ring (bicyclic) bond motifs is 1. The van der Waals surface area contributed by atoms with Crippen molar-refractivity contribution in [2.45, 2.75) is 31.8 Å². The molecular formula is C7H11NO2. The second-order valence-corrected chi connectivity index (χ2v) is 2.91. The van der Waals surface area contributed by atoms with Gasteiger partial charge in [0.25, 0.3) is 0 Å². The van der Waals surface area contributed by atoms with E-state index in [-0.39, 0.29) is 6.09 Å². The molecule has 10 heavy (non-hydrogen) atoms. The Morgan fingerprint density at radius 3 is 3.10 bits per heavy atom.